The number of anilines is 1. The van der Waals surface area contributed by atoms with E-state index in [1.165, 1.54) is 0 Å². The van der Waals surface area contributed by atoms with Crippen LogP contribution in [0, 0.1) is 11.8 Å². The van der Waals surface area contributed by atoms with Crippen LogP contribution in [-0.2, 0) is 9.59 Å². The molecule has 2 N–H and O–H groups in total. The molecule has 1 aliphatic heterocycles. The molecule has 120 valence electrons. The van der Waals surface area contributed by atoms with Crippen LogP contribution in [0.25, 0.3) is 0 Å². The van der Waals surface area contributed by atoms with Crippen LogP contribution in [0.3, 0.4) is 0 Å². The largest absolute Gasteiger partial charge is 0.354 e. The van der Waals surface area contributed by atoms with Gasteiger partial charge in [-0.15, -0.1) is 0 Å². The summed E-state index contributed by atoms with van der Waals surface area (Å²) in [6.07, 6.45) is 3.62. The summed E-state index contributed by atoms with van der Waals surface area (Å²) >= 11 is 0. The molecule has 0 spiro atoms. The second kappa shape index (κ2) is 7.72. The molecule has 7 nitrogen and oxygen atoms in total. The van der Waals surface area contributed by atoms with Gasteiger partial charge in [0.05, 0.1) is 5.92 Å². The average Bonchev–Trinajstić information content (AvgIpc) is 2.85. The molecular formula is C15H23N5O2. The Morgan fingerprint density at radius 2 is 2.09 bits per heavy atom. The van der Waals surface area contributed by atoms with Gasteiger partial charge in [0.15, 0.2) is 0 Å². The Labute approximate surface area is 130 Å². The van der Waals surface area contributed by atoms with Crippen LogP contribution >= 0.6 is 0 Å². The first-order valence-electron chi connectivity index (χ1n) is 7.62. The van der Waals surface area contributed by atoms with Gasteiger partial charge in [-0.1, -0.05) is 13.8 Å². The Balaban J connectivity index is 1.68. The number of nitrogens with zero attached hydrogens (tertiary/aromatic N) is 3. The maximum absolute atomic E-state index is 12.1. The zero-order valence-corrected chi connectivity index (χ0v) is 13.1. The molecule has 2 amide bonds. The third-order valence-electron chi connectivity index (χ3n) is 3.44. The summed E-state index contributed by atoms with van der Waals surface area (Å²) in [5.41, 5.74) is 0. The average molecular weight is 305 g/mol. The molecule has 2 rings (SSSR count). The molecule has 0 aliphatic carbocycles. The predicted molar refractivity (Wildman–Crippen MR) is 83.1 cm³/mol. The maximum Gasteiger partial charge on any atom is 0.225 e. The summed E-state index contributed by atoms with van der Waals surface area (Å²) in [6.45, 7) is 6.40. The fraction of sp³-hybridized carbons (Fsp3) is 0.600. The lowest BCUT2D eigenvalue weighted by molar-refractivity contribution is -0.129. The Bertz CT molecular complexity index is 506. The smallest absolute Gasteiger partial charge is 0.225 e. The molecule has 0 aromatic carbocycles. The molecule has 1 aromatic heterocycles. The number of carbonyl (C=O) groups is 2. The second-order valence-electron chi connectivity index (χ2n) is 5.88. The van der Waals surface area contributed by atoms with Gasteiger partial charge in [0.25, 0.3) is 0 Å². The van der Waals surface area contributed by atoms with E-state index in [1.807, 2.05) is 0 Å². The Morgan fingerprint density at radius 1 is 1.36 bits per heavy atom. The number of hydrogen-bond donors (Lipinski definition) is 2. The topological polar surface area (TPSA) is 87.2 Å². The van der Waals surface area contributed by atoms with Crippen LogP contribution in [0.5, 0.6) is 0 Å². The number of rotatable bonds is 7. The zero-order valence-electron chi connectivity index (χ0n) is 13.1. The van der Waals surface area contributed by atoms with Crippen molar-refractivity contribution < 1.29 is 9.59 Å². The minimum atomic E-state index is -0.237. The van der Waals surface area contributed by atoms with Gasteiger partial charge in [0, 0.05) is 45.0 Å². The highest BCUT2D eigenvalue weighted by atomic mass is 16.2. The minimum absolute atomic E-state index is 0.0598. The van der Waals surface area contributed by atoms with E-state index in [0.717, 1.165) is 6.54 Å². The lowest BCUT2D eigenvalue weighted by atomic mass is 10.1. The molecule has 1 saturated heterocycles. The third-order valence-corrected chi connectivity index (χ3v) is 3.44. The van der Waals surface area contributed by atoms with Crippen molar-refractivity contribution in [3.63, 3.8) is 0 Å². The third kappa shape index (κ3) is 4.68. The number of likely N-dealkylation sites (tertiary alicyclic amines) is 1. The summed E-state index contributed by atoms with van der Waals surface area (Å²) in [5.74, 6) is 0.732. The van der Waals surface area contributed by atoms with Gasteiger partial charge in [-0.2, -0.15) is 0 Å². The van der Waals surface area contributed by atoms with Crippen LogP contribution in [0.15, 0.2) is 18.5 Å². The molecule has 1 fully saturated rings. The molecular weight excluding hydrogens is 282 g/mol. The van der Waals surface area contributed by atoms with Crippen molar-refractivity contribution in [2.75, 3.05) is 31.5 Å². The second-order valence-corrected chi connectivity index (χ2v) is 5.88. The highest BCUT2D eigenvalue weighted by Crippen LogP contribution is 2.19. The van der Waals surface area contributed by atoms with Gasteiger partial charge in [0.2, 0.25) is 17.8 Å². The molecule has 0 unspecified atom stereocenters. The summed E-state index contributed by atoms with van der Waals surface area (Å²) < 4.78 is 0. The standard InChI is InChI=1S/C15H23N5O2/c1-11(2)9-20-10-12(8-13(20)21)14(22)16-6-7-19-15-17-4-3-5-18-15/h3-5,11-12H,6-10H2,1-2H3,(H,16,22)(H,17,18,19)/t12-/m1/s1. The van der Waals surface area contributed by atoms with E-state index < -0.39 is 0 Å². The normalized spacial score (nSPS) is 17.9. The number of amides is 2. The molecule has 0 bridgehead atoms. The zero-order chi connectivity index (χ0) is 15.9. The van der Waals surface area contributed by atoms with Crippen molar-refractivity contribution in [1.82, 2.24) is 20.2 Å². The van der Waals surface area contributed by atoms with Crippen LogP contribution in [0.1, 0.15) is 20.3 Å². The molecule has 2 heterocycles. The van der Waals surface area contributed by atoms with Crippen molar-refractivity contribution in [1.29, 1.82) is 0 Å². The van der Waals surface area contributed by atoms with Gasteiger partial charge in [-0.25, -0.2) is 9.97 Å². The molecule has 7 heteroatoms. The quantitative estimate of drug-likeness (QED) is 0.717. The molecule has 1 aliphatic rings. The van der Waals surface area contributed by atoms with E-state index in [9.17, 15) is 9.59 Å². The first kappa shape index (κ1) is 16.2. The number of carbonyl (C=O) groups excluding carboxylic acids is 2. The molecule has 1 atom stereocenters. The van der Waals surface area contributed by atoms with Crippen molar-refractivity contribution in [3.05, 3.63) is 18.5 Å². The molecule has 0 saturated carbocycles. The van der Waals surface area contributed by atoms with Crippen molar-refractivity contribution in [2.45, 2.75) is 20.3 Å². The van der Waals surface area contributed by atoms with E-state index >= 15 is 0 Å². The number of aromatic nitrogens is 2. The molecule has 0 radical (unpaired) electrons. The Kier molecular flexibility index (Phi) is 5.68. The Hall–Kier alpha value is -2.18. The van der Waals surface area contributed by atoms with Gasteiger partial charge in [-0.3, -0.25) is 9.59 Å². The first-order chi connectivity index (χ1) is 10.6. The van der Waals surface area contributed by atoms with Gasteiger partial charge in [-0.05, 0) is 12.0 Å². The lowest BCUT2D eigenvalue weighted by Crippen LogP contribution is -2.36. The summed E-state index contributed by atoms with van der Waals surface area (Å²) in [4.78, 5) is 33.8. The monoisotopic (exact) mass is 305 g/mol. The summed E-state index contributed by atoms with van der Waals surface area (Å²) in [6, 6.07) is 1.74. The first-order valence-corrected chi connectivity index (χ1v) is 7.62. The molecule has 1 aromatic rings. The van der Waals surface area contributed by atoms with Crippen molar-refractivity contribution in [2.24, 2.45) is 11.8 Å². The summed E-state index contributed by atoms with van der Waals surface area (Å²) in [7, 11) is 0. The lowest BCUT2D eigenvalue weighted by Gasteiger charge is -2.18. The fourth-order valence-electron chi connectivity index (χ4n) is 2.46. The maximum atomic E-state index is 12.1. The SMILES string of the molecule is CC(C)CN1C[C@H](C(=O)NCCNc2ncccn2)CC1=O. The number of hydrogen-bond acceptors (Lipinski definition) is 5. The van der Waals surface area contributed by atoms with Crippen LogP contribution < -0.4 is 10.6 Å². The van der Waals surface area contributed by atoms with E-state index in [4.69, 9.17) is 0 Å². The van der Waals surface area contributed by atoms with Gasteiger partial charge < -0.3 is 15.5 Å². The highest BCUT2D eigenvalue weighted by Gasteiger charge is 2.34. The molecule has 22 heavy (non-hydrogen) atoms. The van der Waals surface area contributed by atoms with E-state index in [1.54, 1.807) is 23.4 Å². The van der Waals surface area contributed by atoms with E-state index in [2.05, 4.69) is 34.4 Å². The van der Waals surface area contributed by atoms with Gasteiger partial charge in [0.1, 0.15) is 0 Å². The van der Waals surface area contributed by atoms with E-state index in [-0.39, 0.29) is 17.7 Å². The van der Waals surface area contributed by atoms with Crippen molar-refractivity contribution in [3.8, 4) is 0 Å². The van der Waals surface area contributed by atoms with Gasteiger partial charge >= 0.3 is 0 Å². The number of nitrogens with one attached hydrogen (secondary N) is 2. The predicted octanol–water partition coefficient (Wildman–Crippen LogP) is 0.509. The van der Waals surface area contributed by atoms with E-state index in [0.29, 0.717) is 37.9 Å². The van der Waals surface area contributed by atoms with Crippen LogP contribution in [0.2, 0.25) is 0 Å². The van der Waals surface area contributed by atoms with Crippen molar-refractivity contribution >= 4 is 17.8 Å². The fourth-order valence-corrected chi connectivity index (χ4v) is 2.46. The van der Waals surface area contributed by atoms with Crippen LogP contribution in [-0.4, -0.2) is 52.9 Å². The Morgan fingerprint density at radius 3 is 2.77 bits per heavy atom. The highest BCUT2D eigenvalue weighted by molar-refractivity contribution is 5.89. The van der Waals surface area contributed by atoms with Crippen LogP contribution in [0.4, 0.5) is 5.95 Å². The minimum Gasteiger partial charge on any atom is -0.354 e. The summed E-state index contributed by atoms with van der Waals surface area (Å²) in [5, 5.41) is 5.87.